The monoisotopic (exact) mass is 273 g/mol. The molecule has 0 fully saturated rings. The first-order valence-electron chi connectivity index (χ1n) is 6.04. The summed E-state index contributed by atoms with van der Waals surface area (Å²) in [4.78, 5) is 8.37. The van der Waals surface area contributed by atoms with E-state index in [2.05, 4.69) is 21.7 Å². The highest BCUT2D eigenvalue weighted by Crippen LogP contribution is 2.18. The fourth-order valence-corrected chi connectivity index (χ4v) is 1.81. The number of nitrogens with two attached hydrogens (primary N) is 1. The molecule has 0 spiro atoms. The van der Waals surface area contributed by atoms with E-state index in [0.29, 0.717) is 11.4 Å². The molecule has 2 N–H and O–H groups in total. The van der Waals surface area contributed by atoms with Gasteiger partial charge in [-0.2, -0.15) is 5.10 Å². The number of aryl methyl sites for hydroxylation is 2. The summed E-state index contributed by atoms with van der Waals surface area (Å²) in [5.41, 5.74) is 8.13. The largest absolute Gasteiger partial charge is 0.397 e. The van der Waals surface area contributed by atoms with Gasteiger partial charge in [0.2, 0.25) is 0 Å². The first kappa shape index (κ1) is 13.9. The summed E-state index contributed by atoms with van der Waals surface area (Å²) in [5.74, 6) is -0.654. The van der Waals surface area contributed by atoms with Crippen LogP contribution in [0.5, 0.6) is 0 Å². The van der Waals surface area contributed by atoms with Crippen LogP contribution in [0, 0.1) is 6.92 Å². The maximum absolute atomic E-state index is 13.3. The van der Waals surface area contributed by atoms with Crippen molar-refractivity contribution in [3.63, 3.8) is 0 Å². The van der Waals surface area contributed by atoms with Crippen molar-refractivity contribution in [1.29, 1.82) is 0 Å². The molecule has 5 nitrogen and oxygen atoms in total. The molecule has 20 heavy (non-hydrogen) atoms. The molecule has 0 aliphatic rings. The van der Waals surface area contributed by atoms with Gasteiger partial charge < -0.3 is 5.73 Å². The van der Waals surface area contributed by atoms with Crippen molar-refractivity contribution >= 4 is 16.7 Å². The third-order valence-corrected chi connectivity index (χ3v) is 2.84. The second-order valence-electron chi connectivity index (χ2n) is 4.57. The van der Waals surface area contributed by atoms with Crippen LogP contribution in [0.1, 0.15) is 18.2 Å². The number of pyridine rings is 1. The molecule has 2 aromatic heterocycles. The van der Waals surface area contributed by atoms with E-state index in [0.717, 1.165) is 22.8 Å². The second kappa shape index (κ2) is 5.24. The average molecular weight is 273 g/mol. The Morgan fingerprint density at radius 1 is 1.55 bits per heavy atom. The first-order valence-corrected chi connectivity index (χ1v) is 6.04. The molecule has 0 atom stereocenters. The summed E-state index contributed by atoms with van der Waals surface area (Å²) in [5, 5.41) is 5.26. The summed E-state index contributed by atoms with van der Waals surface area (Å²) in [6, 6.07) is 1.98. The number of fused-ring (bicyclic) bond motifs is 1. The molecule has 0 saturated heterocycles. The van der Waals surface area contributed by atoms with Gasteiger partial charge in [0.1, 0.15) is 5.69 Å². The predicted octanol–water partition coefficient (Wildman–Crippen LogP) is 2.37. The van der Waals surface area contributed by atoms with E-state index in [1.807, 2.05) is 13.0 Å². The minimum Gasteiger partial charge on any atom is -0.397 e. The Labute approximate surface area is 116 Å². The number of nitrogens with zero attached hydrogens (tertiary/aromatic N) is 4. The first-order chi connectivity index (χ1) is 9.40. The fraction of sp³-hybridized carbons (Fsp3) is 0.214. The summed E-state index contributed by atoms with van der Waals surface area (Å²) in [6.45, 7) is 7.02. The van der Waals surface area contributed by atoms with Crippen LogP contribution in [0.2, 0.25) is 0 Å². The minimum atomic E-state index is -0.654. The maximum Gasteiger partial charge on any atom is 0.163 e. The molecule has 0 aromatic carbocycles. The highest BCUT2D eigenvalue weighted by atomic mass is 19.1. The zero-order valence-electron chi connectivity index (χ0n) is 11.7. The Hall–Kier alpha value is -2.50. The van der Waals surface area contributed by atoms with Crippen LogP contribution in [0.4, 0.5) is 4.39 Å². The van der Waals surface area contributed by atoms with Gasteiger partial charge in [-0.05, 0) is 25.5 Å². The van der Waals surface area contributed by atoms with Gasteiger partial charge in [0, 0.05) is 18.6 Å². The van der Waals surface area contributed by atoms with E-state index in [9.17, 15) is 4.39 Å². The van der Waals surface area contributed by atoms with Gasteiger partial charge >= 0.3 is 0 Å². The fourth-order valence-electron chi connectivity index (χ4n) is 1.81. The van der Waals surface area contributed by atoms with Crippen LogP contribution in [-0.4, -0.2) is 20.5 Å². The van der Waals surface area contributed by atoms with Crippen molar-refractivity contribution in [1.82, 2.24) is 14.8 Å². The molecule has 2 heterocycles. The van der Waals surface area contributed by atoms with Crippen molar-refractivity contribution in [3.8, 4) is 0 Å². The summed E-state index contributed by atoms with van der Waals surface area (Å²) in [6.07, 6.45) is 2.82. The quantitative estimate of drug-likeness (QED) is 0.689. The number of rotatable bonds is 3. The molecule has 0 radical (unpaired) electrons. The zero-order chi connectivity index (χ0) is 14.9. The Morgan fingerprint density at radius 3 is 2.90 bits per heavy atom. The smallest absolute Gasteiger partial charge is 0.163 e. The Bertz CT molecular complexity index is 739. The number of hydrogen-bond donors (Lipinski definition) is 1. The van der Waals surface area contributed by atoms with Crippen LogP contribution < -0.4 is 5.73 Å². The van der Waals surface area contributed by atoms with Crippen molar-refractivity contribution < 1.29 is 4.39 Å². The number of halogens is 1. The zero-order valence-corrected chi connectivity index (χ0v) is 11.7. The van der Waals surface area contributed by atoms with Gasteiger partial charge in [-0.25, -0.2) is 14.1 Å². The van der Waals surface area contributed by atoms with Gasteiger partial charge in [-0.15, -0.1) is 0 Å². The molecular formula is C14H16FN5. The summed E-state index contributed by atoms with van der Waals surface area (Å²) in [7, 11) is 1.81. The Morgan fingerprint density at radius 2 is 2.25 bits per heavy atom. The molecule has 0 aliphatic carbocycles. The molecule has 0 saturated carbocycles. The molecule has 0 aliphatic heterocycles. The lowest BCUT2D eigenvalue weighted by molar-refractivity contribution is 0.646. The molecule has 6 heteroatoms. The van der Waals surface area contributed by atoms with Gasteiger partial charge in [-0.1, -0.05) is 6.58 Å². The lowest BCUT2D eigenvalue weighted by Gasteiger charge is -1.97. The lowest BCUT2D eigenvalue weighted by Crippen LogP contribution is -1.99. The van der Waals surface area contributed by atoms with Crippen LogP contribution >= 0.6 is 0 Å². The van der Waals surface area contributed by atoms with E-state index in [1.165, 1.54) is 0 Å². The van der Waals surface area contributed by atoms with Crippen molar-refractivity contribution in [2.45, 2.75) is 13.8 Å². The molecule has 0 unspecified atom stereocenters. The van der Waals surface area contributed by atoms with Gasteiger partial charge in [0.05, 0.1) is 17.6 Å². The number of aliphatic imine (C=N–C) groups is 1. The highest BCUT2D eigenvalue weighted by Gasteiger charge is 2.12. The van der Waals surface area contributed by atoms with Gasteiger partial charge in [0.15, 0.2) is 11.5 Å². The third-order valence-electron chi connectivity index (χ3n) is 2.84. The normalized spacial score (nSPS) is 13.0. The Balaban J connectivity index is 2.53. The molecular weight excluding hydrogens is 257 g/mol. The average Bonchev–Trinajstić information content (AvgIpc) is 2.72. The standard InChI is InChI=1S/C14H16FN5/c1-8-5-11-13(19-20(4)14(11)18-6-8)10(3)17-7-12(15)9(2)16/h5-7H,2,16H2,1,3-4H3/b12-7+,17-10+. The number of allylic oxidation sites excluding steroid dienone is 1. The van der Waals surface area contributed by atoms with Crippen LogP contribution in [0.25, 0.3) is 11.0 Å². The molecule has 0 amide bonds. The number of aromatic nitrogens is 3. The van der Waals surface area contributed by atoms with E-state index < -0.39 is 5.83 Å². The minimum absolute atomic E-state index is 0.148. The van der Waals surface area contributed by atoms with Gasteiger partial charge in [-0.3, -0.25) is 4.99 Å². The molecule has 2 aromatic rings. The maximum atomic E-state index is 13.3. The van der Waals surface area contributed by atoms with Crippen LogP contribution in [0.3, 0.4) is 0 Å². The molecule has 104 valence electrons. The lowest BCUT2D eigenvalue weighted by atomic mass is 10.1. The van der Waals surface area contributed by atoms with Crippen molar-refractivity contribution in [2.24, 2.45) is 17.8 Å². The topological polar surface area (TPSA) is 69.1 Å². The Kier molecular flexibility index (Phi) is 3.65. The molecule has 0 bridgehead atoms. The summed E-state index contributed by atoms with van der Waals surface area (Å²) < 4.78 is 14.9. The predicted molar refractivity (Wildman–Crippen MR) is 78.0 cm³/mol. The summed E-state index contributed by atoms with van der Waals surface area (Å²) >= 11 is 0. The van der Waals surface area contributed by atoms with E-state index >= 15 is 0 Å². The highest BCUT2D eigenvalue weighted by molar-refractivity contribution is 6.07. The van der Waals surface area contributed by atoms with Crippen LogP contribution in [0.15, 0.2) is 41.6 Å². The van der Waals surface area contributed by atoms with E-state index in [4.69, 9.17) is 5.73 Å². The second-order valence-corrected chi connectivity index (χ2v) is 4.57. The number of hydrogen-bond acceptors (Lipinski definition) is 4. The molecule has 2 rings (SSSR count). The van der Waals surface area contributed by atoms with E-state index in [-0.39, 0.29) is 5.70 Å². The van der Waals surface area contributed by atoms with Crippen molar-refractivity contribution in [3.05, 3.63) is 47.8 Å². The van der Waals surface area contributed by atoms with Crippen molar-refractivity contribution in [2.75, 3.05) is 0 Å². The SMILES string of the molecule is C=C(N)/C(F)=C\N=C(/C)c1nn(C)c2ncc(C)cc12. The van der Waals surface area contributed by atoms with E-state index in [1.54, 1.807) is 24.9 Å². The van der Waals surface area contributed by atoms with Gasteiger partial charge in [0.25, 0.3) is 0 Å². The third kappa shape index (κ3) is 2.59. The van der Waals surface area contributed by atoms with Crippen LogP contribution in [-0.2, 0) is 7.05 Å².